The minimum absolute atomic E-state index is 0.128. The summed E-state index contributed by atoms with van der Waals surface area (Å²) < 4.78 is 0. The largest absolute Gasteiger partial charge is 0.118 e. The van der Waals surface area contributed by atoms with Crippen LogP contribution in [0, 0.1) is 0 Å². The highest BCUT2D eigenvalue weighted by Crippen LogP contribution is 2.12. The molecule has 0 radical (unpaired) electrons. The van der Waals surface area contributed by atoms with Crippen LogP contribution in [0.25, 0.3) is 0 Å². The van der Waals surface area contributed by atoms with E-state index in [0.29, 0.717) is 0 Å². The number of alkyl halides is 1. The van der Waals surface area contributed by atoms with Gasteiger partial charge >= 0.3 is 0 Å². The number of unbranched alkanes of at least 4 members (excludes halogenated alkanes) is 5. The van der Waals surface area contributed by atoms with Crippen molar-refractivity contribution >= 4 is 23.2 Å². The SMILES string of the molecule is CCCCCCCC[C@@H](Cl)/C=C/Cl. The Morgan fingerprint density at radius 3 is 2.31 bits per heavy atom. The summed E-state index contributed by atoms with van der Waals surface area (Å²) in [5, 5.41) is 0.128. The van der Waals surface area contributed by atoms with Gasteiger partial charge in [0.1, 0.15) is 0 Å². The first-order valence-electron chi connectivity index (χ1n) is 5.22. The van der Waals surface area contributed by atoms with Gasteiger partial charge in [-0.2, -0.15) is 0 Å². The first kappa shape index (κ1) is 13.3. The second-order valence-electron chi connectivity index (χ2n) is 3.39. The lowest BCUT2D eigenvalue weighted by Crippen LogP contribution is -1.92. The van der Waals surface area contributed by atoms with Gasteiger partial charge in [-0.05, 0) is 6.42 Å². The maximum atomic E-state index is 5.95. The van der Waals surface area contributed by atoms with Crippen LogP contribution >= 0.6 is 23.2 Å². The van der Waals surface area contributed by atoms with Crippen molar-refractivity contribution < 1.29 is 0 Å². The molecule has 0 aromatic rings. The molecule has 0 unspecified atom stereocenters. The fourth-order valence-corrected chi connectivity index (χ4v) is 1.77. The second kappa shape index (κ2) is 10.4. The Hall–Kier alpha value is 0.320. The summed E-state index contributed by atoms with van der Waals surface area (Å²) in [6.45, 7) is 2.24. The van der Waals surface area contributed by atoms with E-state index in [1.165, 1.54) is 44.1 Å². The normalized spacial score (nSPS) is 13.8. The lowest BCUT2D eigenvalue weighted by molar-refractivity contribution is 0.593. The van der Waals surface area contributed by atoms with E-state index < -0.39 is 0 Å². The molecule has 0 amide bonds. The topological polar surface area (TPSA) is 0 Å². The third-order valence-corrected chi connectivity index (χ3v) is 2.62. The van der Waals surface area contributed by atoms with E-state index in [1.54, 1.807) is 0 Å². The van der Waals surface area contributed by atoms with Gasteiger partial charge in [-0.3, -0.25) is 0 Å². The molecule has 1 atom stereocenters. The van der Waals surface area contributed by atoms with Gasteiger partial charge < -0.3 is 0 Å². The summed E-state index contributed by atoms with van der Waals surface area (Å²) in [6.07, 6.45) is 10.8. The maximum Gasteiger partial charge on any atom is 0.0527 e. The van der Waals surface area contributed by atoms with Gasteiger partial charge in [-0.25, -0.2) is 0 Å². The zero-order valence-electron chi connectivity index (χ0n) is 8.44. The van der Waals surface area contributed by atoms with Gasteiger partial charge in [0.25, 0.3) is 0 Å². The van der Waals surface area contributed by atoms with Gasteiger partial charge in [0, 0.05) is 5.54 Å². The lowest BCUT2D eigenvalue weighted by Gasteiger charge is -2.03. The van der Waals surface area contributed by atoms with Gasteiger partial charge in [-0.15, -0.1) is 11.6 Å². The van der Waals surface area contributed by atoms with Crippen molar-refractivity contribution in [2.24, 2.45) is 0 Å². The first-order chi connectivity index (χ1) is 6.31. The molecular weight excluding hydrogens is 203 g/mol. The zero-order valence-corrected chi connectivity index (χ0v) is 9.95. The predicted molar refractivity (Wildman–Crippen MR) is 62.6 cm³/mol. The van der Waals surface area contributed by atoms with Crippen molar-refractivity contribution in [2.75, 3.05) is 0 Å². The molecule has 0 aliphatic carbocycles. The van der Waals surface area contributed by atoms with Crippen LogP contribution < -0.4 is 0 Å². The smallest absolute Gasteiger partial charge is 0.0527 e. The third-order valence-electron chi connectivity index (χ3n) is 2.12. The van der Waals surface area contributed by atoms with E-state index in [2.05, 4.69) is 6.92 Å². The van der Waals surface area contributed by atoms with Crippen LogP contribution in [0.3, 0.4) is 0 Å². The molecule has 0 bridgehead atoms. The Bertz CT molecular complexity index is 121. The quantitative estimate of drug-likeness (QED) is 0.396. The third kappa shape index (κ3) is 10.2. The number of allylic oxidation sites excluding steroid dienone is 1. The second-order valence-corrected chi connectivity index (χ2v) is 4.20. The molecular formula is C11H20Cl2. The summed E-state index contributed by atoms with van der Waals surface area (Å²) >= 11 is 11.4. The molecule has 0 aliphatic heterocycles. The number of rotatable bonds is 8. The fourth-order valence-electron chi connectivity index (χ4n) is 1.29. The molecule has 0 saturated heterocycles. The Labute approximate surface area is 92.3 Å². The van der Waals surface area contributed by atoms with Crippen LogP contribution in [-0.4, -0.2) is 5.38 Å². The molecule has 2 heteroatoms. The van der Waals surface area contributed by atoms with Crippen molar-refractivity contribution in [1.29, 1.82) is 0 Å². The molecule has 0 N–H and O–H groups in total. The number of halogens is 2. The standard InChI is InChI=1S/C11H20Cl2/c1-2-3-4-5-6-7-8-11(13)9-10-12/h9-11H,2-8H2,1H3/b10-9+/t11-/m1/s1. The van der Waals surface area contributed by atoms with Gasteiger partial charge in [0.15, 0.2) is 0 Å². The molecule has 0 spiro atoms. The van der Waals surface area contributed by atoms with Crippen LogP contribution in [0.15, 0.2) is 11.6 Å². The molecule has 0 aromatic heterocycles. The van der Waals surface area contributed by atoms with Crippen LogP contribution in [0.5, 0.6) is 0 Å². The average molecular weight is 223 g/mol. The minimum Gasteiger partial charge on any atom is -0.118 e. The average Bonchev–Trinajstić information content (AvgIpc) is 2.11. The summed E-state index contributed by atoms with van der Waals surface area (Å²) in [5.74, 6) is 0. The van der Waals surface area contributed by atoms with E-state index in [-0.39, 0.29) is 5.38 Å². The van der Waals surface area contributed by atoms with Crippen LogP contribution in [0.1, 0.15) is 51.9 Å². The number of hydrogen-bond acceptors (Lipinski definition) is 0. The van der Waals surface area contributed by atoms with E-state index in [1.807, 2.05) is 6.08 Å². The van der Waals surface area contributed by atoms with Crippen molar-refractivity contribution in [1.82, 2.24) is 0 Å². The first-order valence-corrected chi connectivity index (χ1v) is 6.09. The van der Waals surface area contributed by atoms with E-state index in [4.69, 9.17) is 23.2 Å². The highest BCUT2D eigenvalue weighted by Gasteiger charge is 1.98. The number of hydrogen-bond donors (Lipinski definition) is 0. The van der Waals surface area contributed by atoms with Crippen LogP contribution in [0.4, 0.5) is 0 Å². The Kier molecular flexibility index (Phi) is 10.7. The lowest BCUT2D eigenvalue weighted by atomic mass is 10.1. The predicted octanol–water partition coefficient (Wildman–Crippen LogP) is 5.10. The summed E-state index contributed by atoms with van der Waals surface area (Å²) in [7, 11) is 0. The molecule has 0 fully saturated rings. The van der Waals surface area contributed by atoms with Crippen LogP contribution in [-0.2, 0) is 0 Å². The molecule has 0 aliphatic rings. The Balaban J connectivity index is 3.06. The highest BCUT2D eigenvalue weighted by molar-refractivity contribution is 6.27. The molecule has 78 valence electrons. The molecule has 0 rings (SSSR count). The van der Waals surface area contributed by atoms with E-state index >= 15 is 0 Å². The molecule has 0 aromatic carbocycles. The van der Waals surface area contributed by atoms with Crippen molar-refractivity contribution in [3.63, 3.8) is 0 Å². The Morgan fingerprint density at radius 1 is 1.08 bits per heavy atom. The van der Waals surface area contributed by atoms with Crippen molar-refractivity contribution in [3.8, 4) is 0 Å². The molecule has 0 heterocycles. The molecule has 13 heavy (non-hydrogen) atoms. The summed E-state index contributed by atoms with van der Waals surface area (Å²) in [6, 6.07) is 0. The monoisotopic (exact) mass is 222 g/mol. The fraction of sp³-hybridized carbons (Fsp3) is 0.818. The summed E-state index contributed by atoms with van der Waals surface area (Å²) in [5.41, 5.74) is 1.51. The van der Waals surface area contributed by atoms with E-state index in [9.17, 15) is 0 Å². The van der Waals surface area contributed by atoms with E-state index in [0.717, 1.165) is 6.42 Å². The van der Waals surface area contributed by atoms with Crippen molar-refractivity contribution in [3.05, 3.63) is 11.6 Å². The highest BCUT2D eigenvalue weighted by atomic mass is 35.5. The van der Waals surface area contributed by atoms with Gasteiger partial charge in [0.2, 0.25) is 0 Å². The van der Waals surface area contributed by atoms with Gasteiger partial charge in [0.05, 0.1) is 5.38 Å². The Morgan fingerprint density at radius 2 is 1.69 bits per heavy atom. The molecule has 0 saturated carbocycles. The zero-order chi connectivity index (χ0) is 9.94. The minimum atomic E-state index is 0.128. The maximum absolute atomic E-state index is 5.95. The molecule has 0 nitrogen and oxygen atoms in total. The summed E-state index contributed by atoms with van der Waals surface area (Å²) in [4.78, 5) is 0. The van der Waals surface area contributed by atoms with Gasteiger partial charge in [-0.1, -0.05) is 63.1 Å². The van der Waals surface area contributed by atoms with Crippen molar-refractivity contribution in [2.45, 2.75) is 57.2 Å². The van der Waals surface area contributed by atoms with Crippen LogP contribution in [0.2, 0.25) is 0 Å².